The highest BCUT2D eigenvalue weighted by molar-refractivity contribution is 5.97. The molecule has 2 saturated carbocycles. The quantitative estimate of drug-likeness (QED) is 0.805. The lowest BCUT2D eigenvalue weighted by Crippen LogP contribution is -2.36. The van der Waals surface area contributed by atoms with Crippen molar-refractivity contribution >= 4 is 16.8 Å². The molecule has 0 atom stereocenters. The highest BCUT2D eigenvalue weighted by atomic mass is 16.3. The van der Waals surface area contributed by atoms with Crippen molar-refractivity contribution in [3.63, 3.8) is 0 Å². The molecule has 2 aromatic rings. The largest absolute Gasteiger partial charge is 0.394 e. The van der Waals surface area contributed by atoms with Gasteiger partial charge in [0.15, 0.2) is 0 Å². The van der Waals surface area contributed by atoms with E-state index in [1.807, 2.05) is 6.07 Å². The number of nitrogens with zero attached hydrogens (tertiary/aromatic N) is 1. The number of rotatable bonds is 3. The Hall–Kier alpha value is -1.94. The first-order valence-corrected chi connectivity index (χ1v) is 10.4. The summed E-state index contributed by atoms with van der Waals surface area (Å²) in [6.45, 7) is 3.44. The Morgan fingerprint density at radius 2 is 1.78 bits per heavy atom. The molecule has 0 aliphatic heterocycles. The van der Waals surface area contributed by atoms with Crippen molar-refractivity contribution in [1.29, 1.82) is 0 Å². The number of aliphatic hydroxyl groups is 1. The van der Waals surface area contributed by atoms with Gasteiger partial charge in [-0.3, -0.25) is 9.78 Å². The van der Waals surface area contributed by atoms with Gasteiger partial charge in [0, 0.05) is 23.7 Å². The molecular weight excluding hydrogens is 336 g/mol. The lowest BCUT2D eigenvalue weighted by atomic mass is 9.80. The first-order valence-electron chi connectivity index (χ1n) is 10.4. The Morgan fingerprint density at radius 1 is 1.07 bits per heavy atom. The van der Waals surface area contributed by atoms with Crippen LogP contribution in [0.1, 0.15) is 87.1 Å². The van der Waals surface area contributed by atoms with Crippen molar-refractivity contribution in [2.24, 2.45) is 0 Å². The van der Waals surface area contributed by atoms with Gasteiger partial charge in [0.25, 0.3) is 5.91 Å². The van der Waals surface area contributed by atoms with Crippen LogP contribution in [-0.2, 0) is 0 Å². The highest BCUT2D eigenvalue weighted by Gasteiger charge is 2.20. The lowest BCUT2D eigenvalue weighted by molar-refractivity contribution is 0.0927. The van der Waals surface area contributed by atoms with Gasteiger partial charge in [0.1, 0.15) is 0 Å². The summed E-state index contributed by atoms with van der Waals surface area (Å²) < 4.78 is 0. The van der Waals surface area contributed by atoms with Crippen molar-refractivity contribution in [2.75, 3.05) is 0 Å². The molecule has 2 fully saturated rings. The van der Waals surface area contributed by atoms with Crippen LogP contribution in [-0.4, -0.2) is 28.1 Å². The molecule has 0 saturated heterocycles. The van der Waals surface area contributed by atoms with E-state index < -0.39 is 0 Å². The van der Waals surface area contributed by atoms with Crippen molar-refractivity contribution < 1.29 is 9.90 Å². The van der Waals surface area contributed by atoms with Gasteiger partial charge in [0.2, 0.25) is 0 Å². The van der Waals surface area contributed by atoms with Gasteiger partial charge in [-0.05, 0) is 63.1 Å². The summed E-state index contributed by atoms with van der Waals surface area (Å²) in [4.78, 5) is 17.0. The van der Waals surface area contributed by atoms with Crippen LogP contribution in [0.25, 0.3) is 10.9 Å². The molecule has 0 spiro atoms. The molecular formula is C23H32N2O2. The number of benzene rings is 1. The molecule has 146 valence electrons. The van der Waals surface area contributed by atoms with Crippen LogP contribution >= 0.6 is 0 Å². The number of aromatic nitrogens is 1. The Kier molecular flexibility index (Phi) is 6.84. The second kappa shape index (κ2) is 9.32. The topological polar surface area (TPSA) is 62.2 Å². The highest BCUT2D eigenvalue weighted by Crippen LogP contribution is 2.37. The van der Waals surface area contributed by atoms with Gasteiger partial charge in [-0.1, -0.05) is 37.8 Å². The fraction of sp³-hybridized carbons (Fsp3) is 0.565. The van der Waals surface area contributed by atoms with E-state index in [1.54, 1.807) is 20.0 Å². The zero-order valence-electron chi connectivity index (χ0n) is 16.6. The molecule has 0 bridgehead atoms. The summed E-state index contributed by atoms with van der Waals surface area (Å²) in [7, 11) is 0. The van der Waals surface area contributed by atoms with E-state index >= 15 is 0 Å². The molecule has 27 heavy (non-hydrogen) atoms. The molecule has 2 N–H and O–H groups in total. The van der Waals surface area contributed by atoms with Crippen LogP contribution in [0.15, 0.2) is 30.5 Å². The monoisotopic (exact) mass is 368 g/mol. The first-order chi connectivity index (χ1) is 13.0. The zero-order valence-corrected chi connectivity index (χ0v) is 16.6. The number of hydrogen-bond donors (Lipinski definition) is 2. The minimum absolute atomic E-state index is 0.0226. The minimum Gasteiger partial charge on any atom is -0.394 e. The van der Waals surface area contributed by atoms with Crippen LogP contribution in [0.5, 0.6) is 0 Å². The van der Waals surface area contributed by atoms with E-state index in [2.05, 4.69) is 28.5 Å². The second-order valence-electron chi connectivity index (χ2n) is 8.21. The summed E-state index contributed by atoms with van der Waals surface area (Å²) in [5.41, 5.74) is 3.08. The zero-order chi connectivity index (χ0) is 19.2. The van der Waals surface area contributed by atoms with Gasteiger partial charge < -0.3 is 10.4 Å². The van der Waals surface area contributed by atoms with E-state index in [-0.39, 0.29) is 12.0 Å². The number of carbonyl (C=O) groups excluding carboxylic acids is 1. The number of aliphatic hydroxyl groups excluding tert-OH is 1. The van der Waals surface area contributed by atoms with Crippen molar-refractivity contribution in [2.45, 2.75) is 83.3 Å². The van der Waals surface area contributed by atoms with Crippen LogP contribution in [0, 0.1) is 0 Å². The average molecular weight is 369 g/mol. The molecule has 4 rings (SSSR count). The summed E-state index contributed by atoms with van der Waals surface area (Å²) in [5, 5.41) is 12.3. The number of nitrogens with one attached hydrogen (secondary N) is 1. The number of carbonyl (C=O) groups is 1. The minimum atomic E-state index is -0.167. The number of fused-ring (bicyclic) bond motifs is 1. The average Bonchev–Trinajstić information content (AvgIpc) is 2.60. The van der Waals surface area contributed by atoms with Gasteiger partial charge in [-0.25, -0.2) is 0 Å². The van der Waals surface area contributed by atoms with E-state index in [0.717, 1.165) is 29.7 Å². The summed E-state index contributed by atoms with van der Waals surface area (Å²) in [6, 6.07) is 8.84. The maximum absolute atomic E-state index is 12.4. The van der Waals surface area contributed by atoms with Gasteiger partial charge in [-0.15, -0.1) is 0 Å². The Morgan fingerprint density at radius 3 is 2.41 bits per heavy atom. The van der Waals surface area contributed by atoms with Crippen molar-refractivity contribution in [1.82, 2.24) is 10.3 Å². The molecule has 4 nitrogen and oxygen atoms in total. The third-order valence-electron chi connectivity index (χ3n) is 5.49. The Bertz CT molecular complexity index is 759. The predicted molar refractivity (Wildman–Crippen MR) is 110 cm³/mol. The fourth-order valence-electron chi connectivity index (χ4n) is 3.77. The predicted octanol–water partition coefficient (Wildman–Crippen LogP) is 4.95. The van der Waals surface area contributed by atoms with Gasteiger partial charge >= 0.3 is 0 Å². The maximum atomic E-state index is 12.4. The van der Waals surface area contributed by atoms with E-state index in [0.29, 0.717) is 11.6 Å². The van der Waals surface area contributed by atoms with E-state index in [9.17, 15) is 4.79 Å². The van der Waals surface area contributed by atoms with Crippen LogP contribution in [0.3, 0.4) is 0 Å². The first kappa shape index (κ1) is 19.8. The lowest BCUT2D eigenvalue weighted by Gasteiger charge is -2.25. The fourth-order valence-corrected chi connectivity index (χ4v) is 3.77. The second-order valence-corrected chi connectivity index (χ2v) is 8.21. The molecule has 2 aliphatic carbocycles. The van der Waals surface area contributed by atoms with E-state index in [4.69, 9.17) is 5.11 Å². The summed E-state index contributed by atoms with van der Waals surface area (Å²) in [5.74, 6) is 0.741. The van der Waals surface area contributed by atoms with Crippen molar-refractivity contribution in [3.8, 4) is 0 Å². The third kappa shape index (κ3) is 5.52. The Balaban J connectivity index is 0.000000481. The SMILES string of the molecule is CC(C)O.O=C(NC1CCCCC1)c1cnc2cc(C3CCC3)ccc2c1. The molecule has 0 radical (unpaired) electrons. The Labute approximate surface area is 162 Å². The van der Waals surface area contributed by atoms with Crippen LogP contribution in [0.2, 0.25) is 0 Å². The molecule has 0 unspecified atom stereocenters. The van der Waals surface area contributed by atoms with Gasteiger partial charge in [0.05, 0.1) is 11.1 Å². The standard InChI is InChI=1S/C20H24N2O.C3H8O/c23-20(22-18-7-2-1-3-8-18)17-11-16-10-9-15(14-5-4-6-14)12-19(16)21-13-17;1-3(2)4/h9-14,18H,1-8H2,(H,22,23);3-4H,1-2H3. The van der Waals surface area contributed by atoms with Crippen molar-refractivity contribution in [3.05, 3.63) is 41.6 Å². The molecule has 2 aliphatic rings. The molecule has 1 aromatic heterocycles. The number of amides is 1. The van der Waals surface area contributed by atoms with E-state index in [1.165, 1.54) is 44.1 Å². The smallest absolute Gasteiger partial charge is 0.253 e. The normalized spacial score (nSPS) is 17.9. The number of hydrogen-bond acceptors (Lipinski definition) is 3. The molecule has 1 heterocycles. The third-order valence-corrected chi connectivity index (χ3v) is 5.49. The molecule has 1 aromatic carbocycles. The van der Waals surface area contributed by atoms with Gasteiger partial charge in [-0.2, -0.15) is 0 Å². The summed E-state index contributed by atoms with van der Waals surface area (Å²) >= 11 is 0. The number of pyridine rings is 1. The molecule has 4 heteroatoms. The summed E-state index contributed by atoms with van der Waals surface area (Å²) in [6.07, 6.45) is 11.5. The maximum Gasteiger partial charge on any atom is 0.253 e. The molecule has 1 amide bonds. The van der Waals surface area contributed by atoms with Crippen LogP contribution < -0.4 is 5.32 Å². The van der Waals surface area contributed by atoms with Crippen LogP contribution in [0.4, 0.5) is 0 Å².